The predicted molar refractivity (Wildman–Crippen MR) is 91.1 cm³/mol. The quantitative estimate of drug-likeness (QED) is 0.707. The molecule has 1 N–H and O–H groups in total. The summed E-state index contributed by atoms with van der Waals surface area (Å²) >= 11 is 0. The van der Waals surface area contributed by atoms with Crippen molar-refractivity contribution in [2.45, 2.75) is 40.7 Å². The van der Waals surface area contributed by atoms with Gasteiger partial charge in [0.15, 0.2) is 0 Å². The van der Waals surface area contributed by atoms with Crippen molar-refractivity contribution in [2.24, 2.45) is 0 Å². The van der Waals surface area contributed by atoms with E-state index in [0.29, 0.717) is 6.04 Å². The SMILES string of the molecule is CCOCCN(CC)CC(NC)c1c(C)cc(C)cc1C. The zero-order chi connectivity index (χ0) is 15.8. The largest absolute Gasteiger partial charge is 0.380 e. The van der Waals surface area contributed by atoms with Crippen molar-refractivity contribution in [2.75, 3.05) is 39.9 Å². The normalized spacial score (nSPS) is 12.9. The Morgan fingerprint density at radius 3 is 2.24 bits per heavy atom. The molecule has 120 valence electrons. The number of ether oxygens (including phenoxy) is 1. The average Bonchev–Trinajstić information content (AvgIpc) is 2.43. The minimum Gasteiger partial charge on any atom is -0.380 e. The van der Waals surface area contributed by atoms with Crippen molar-refractivity contribution in [3.63, 3.8) is 0 Å². The molecule has 21 heavy (non-hydrogen) atoms. The highest BCUT2D eigenvalue weighted by atomic mass is 16.5. The van der Waals surface area contributed by atoms with Crippen LogP contribution in [-0.2, 0) is 4.74 Å². The maximum absolute atomic E-state index is 5.49. The van der Waals surface area contributed by atoms with Gasteiger partial charge in [-0.15, -0.1) is 0 Å². The van der Waals surface area contributed by atoms with Crippen LogP contribution in [0.2, 0.25) is 0 Å². The Balaban J connectivity index is 2.82. The number of benzene rings is 1. The van der Waals surface area contributed by atoms with Crippen LogP contribution in [0.25, 0.3) is 0 Å². The zero-order valence-corrected chi connectivity index (χ0v) is 14.6. The van der Waals surface area contributed by atoms with Gasteiger partial charge in [-0.05, 0) is 58.0 Å². The fourth-order valence-electron chi connectivity index (χ4n) is 3.04. The summed E-state index contributed by atoms with van der Waals surface area (Å²) in [6, 6.07) is 4.93. The molecule has 0 fully saturated rings. The number of likely N-dealkylation sites (N-methyl/N-ethyl adjacent to an activating group) is 2. The van der Waals surface area contributed by atoms with E-state index in [0.717, 1.165) is 32.8 Å². The molecule has 3 nitrogen and oxygen atoms in total. The summed E-state index contributed by atoms with van der Waals surface area (Å²) in [5, 5.41) is 3.49. The molecule has 0 amide bonds. The standard InChI is InChI=1S/C18H32N2O/c1-7-20(9-10-21-8-2)13-17(19-6)18-15(4)11-14(3)12-16(18)5/h11-12,17,19H,7-10,13H2,1-6H3. The van der Waals surface area contributed by atoms with Gasteiger partial charge in [-0.1, -0.05) is 24.6 Å². The van der Waals surface area contributed by atoms with Crippen molar-refractivity contribution in [3.8, 4) is 0 Å². The summed E-state index contributed by atoms with van der Waals surface area (Å²) in [4.78, 5) is 2.45. The number of nitrogens with zero attached hydrogens (tertiary/aromatic N) is 1. The molecule has 0 aromatic heterocycles. The Labute approximate surface area is 130 Å². The average molecular weight is 292 g/mol. The van der Waals surface area contributed by atoms with E-state index in [1.807, 2.05) is 6.92 Å². The molecule has 0 bridgehead atoms. The van der Waals surface area contributed by atoms with Crippen LogP contribution in [0.1, 0.15) is 42.1 Å². The summed E-state index contributed by atoms with van der Waals surface area (Å²) in [6.45, 7) is 15.5. The fraction of sp³-hybridized carbons (Fsp3) is 0.667. The van der Waals surface area contributed by atoms with E-state index in [2.05, 4.69) is 57.1 Å². The predicted octanol–water partition coefficient (Wildman–Crippen LogP) is 3.23. The highest BCUT2D eigenvalue weighted by molar-refractivity contribution is 5.39. The Bertz CT molecular complexity index is 408. The molecule has 0 radical (unpaired) electrons. The molecule has 1 aromatic carbocycles. The van der Waals surface area contributed by atoms with Crippen molar-refractivity contribution in [1.29, 1.82) is 0 Å². The third kappa shape index (κ3) is 5.42. The van der Waals surface area contributed by atoms with Crippen LogP contribution in [0.15, 0.2) is 12.1 Å². The fourth-order valence-corrected chi connectivity index (χ4v) is 3.04. The molecule has 0 aliphatic rings. The molecule has 0 saturated carbocycles. The summed E-state index contributed by atoms with van der Waals surface area (Å²) in [5.41, 5.74) is 5.55. The van der Waals surface area contributed by atoms with Crippen LogP contribution in [0.5, 0.6) is 0 Å². The Hall–Kier alpha value is -0.900. The van der Waals surface area contributed by atoms with Gasteiger partial charge in [0.1, 0.15) is 0 Å². The van der Waals surface area contributed by atoms with E-state index in [4.69, 9.17) is 4.74 Å². The maximum Gasteiger partial charge on any atom is 0.0593 e. The Morgan fingerprint density at radius 1 is 1.14 bits per heavy atom. The lowest BCUT2D eigenvalue weighted by Gasteiger charge is -2.28. The number of nitrogens with one attached hydrogen (secondary N) is 1. The van der Waals surface area contributed by atoms with Crippen molar-refractivity contribution in [1.82, 2.24) is 10.2 Å². The second-order valence-electron chi connectivity index (χ2n) is 5.74. The topological polar surface area (TPSA) is 24.5 Å². The summed E-state index contributed by atoms with van der Waals surface area (Å²) < 4.78 is 5.49. The van der Waals surface area contributed by atoms with Crippen LogP contribution in [0.3, 0.4) is 0 Å². The van der Waals surface area contributed by atoms with Crippen LogP contribution >= 0.6 is 0 Å². The first-order valence-corrected chi connectivity index (χ1v) is 8.08. The van der Waals surface area contributed by atoms with Gasteiger partial charge >= 0.3 is 0 Å². The van der Waals surface area contributed by atoms with Gasteiger partial charge in [0.2, 0.25) is 0 Å². The lowest BCUT2D eigenvalue weighted by Crippen LogP contribution is -2.36. The lowest BCUT2D eigenvalue weighted by molar-refractivity contribution is 0.111. The van der Waals surface area contributed by atoms with E-state index in [-0.39, 0.29) is 0 Å². The van der Waals surface area contributed by atoms with E-state index < -0.39 is 0 Å². The van der Waals surface area contributed by atoms with Gasteiger partial charge in [0.25, 0.3) is 0 Å². The lowest BCUT2D eigenvalue weighted by atomic mass is 9.93. The molecule has 0 saturated heterocycles. The molecule has 1 atom stereocenters. The third-order valence-corrected chi connectivity index (χ3v) is 4.08. The molecule has 1 rings (SSSR count). The van der Waals surface area contributed by atoms with E-state index in [9.17, 15) is 0 Å². The minimum absolute atomic E-state index is 0.368. The molecule has 0 aliphatic heterocycles. The monoisotopic (exact) mass is 292 g/mol. The maximum atomic E-state index is 5.49. The molecule has 1 unspecified atom stereocenters. The first kappa shape index (κ1) is 18.1. The number of hydrogen-bond donors (Lipinski definition) is 1. The Kier molecular flexibility index (Phi) is 7.94. The van der Waals surface area contributed by atoms with Crippen LogP contribution in [-0.4, -0.2) is 44.8 Å². The van der Waals surface area contributed by atoms with Crippen molar-refractivity contribution < 1.29 is 4.74 Å². The number of rotatable bonds is 9. The molecule has 0 spiro atoms. The van der Waals surface area contributed by atoms with E-state index in [1.165, 1.54) is 22.3 Å². The van der Waals surface area contributed by atoms with Crippen LogP contribution in [0.4, 0.5) is 0 Å². The summed E-state index contributed by atoms with van der Waals surface area (Å²) in [6.07, 6.45) is 0. The number of aryl methyl sites for hydroxylation is 3. The second kappa shape index (κ2) is 9.19. The van der Waals surface area contributed by atoms with Crippen LogP contribution < -0.4 is 5.32 Å². The minimum atomic E-state index is 0.368. The first-order valence-electron chi connectivity index (χ1n) is 8.08. The summed E-state index contributed by atoms with van der Waals surface area (Å²) in [7, 11) is 2.06. The van der Waals surface area contributed by atoms with Crippen LogP contribution in [0, 0.1) is 20.8 Å². The van der Waals surface area contributed by atoms with E-state index >= 15 is 0 Å². The van der Waals surface area contributed by atoms with Gasteiger partial charge in [-0.25, -0.2) is 0 Å². The highest BCUT2D eigenvalue weighted by Crippen LogP contribution is 2.24. The molecular formula is C18H32N2O. The van der Waals surface area contributed by atoms with Gasteiger partial charge in [0.05, 0.1) is 6.61 Å². The molecular weight excluding hydrogens is 260 g/mol. The second-order valence-corrected chi connectivity index (χ2v) is 5.74. The Morgan fingerprint density at radius 2 is 1.76 bits per heavy atom. The van der Waals surface area contributed by atoms with Crippen molar-refractivity contribution in [3.05, 3.63) is 34.4 Å². The molecule has 1 aromatic rings. The summed E-state index contributed by atoms with van der Waals surface area (Å²) in [5.74, 6) is 0. The van der Waals surface area contributed by atoms with E-state index in [1.54, 1.807) is 0 Å². The van der Waals surface area contributed by atoms with Gasteiger partial charge in [-0.3, -0.25) is 4.90 Å². The smallest absolute Gasteiger partial charge is 0.0593 e. The molecule has 3 heteroatoms. The van der Waals surface area contributed by atoms with Gasteiger partial charge in [0, 0.05) is 25.7 Å². The number of hydrogen-bond acceptors (Lipinski definition) is 3. The molecule has 0 aliphatic carbocycles. The van der Waals surface area contributed by atoms with Gasteiger partial charge in [-0.2, -0.15) is 0 Å². The first-order chi connectivity index (χ1) is 10.0. The van der Waals surface area contributed by atoms with Crippen molar-refractivity contribution >= 4 is 0 Å². The highest BCUT2D eigenvalue weighted by Gasteiger charge is 2.17. The zero-order valence-electron chi connectivity index (χ0n) is 14.6. The molecule has 0 heterocycles. The van der Waals surface area contributed by atoms with Gasteiger partial charge < -0.3 is 10.1 Å². The third-order valence-electron chi connectivity index (χ3n) is 4.08.